The number of nitriles is 1. The van der Waals surface area contributed by atoms with Gasteiger partial charge in [-0.25, -0.2) is 0 Å². The number of anilines is 1. The van der Waals surface area contributed by atoms with Gasteiger partial charge in [-0.3, -0.25) is 9.59 Å². The van der Waals surface area contributed by atoms with Crippen molar-refractivity contribution in [3.63, 3.8) is 0 Å². The van der Waals surface area contributed by atoms with Crippen molar-refractivity contribution in [1.82, 2.24) is 10.2 Å². The summed E-state index contributed by atoms with van der Waals surface area (Å²) >= 11 is 0. The van der Waals surface area contributed by atoms with Gasteiger partial charge in [-0.2, -0.15) is 5.26 Å². The van der Waals surface area contributed by atoms with Crippen LogP contribution in [0.25, 0.3) is 0 Å². The van der Waals surface area contributed by atoms with Crippen molar-refractivity contribution < 1.29 is 14.7 Å². The number of nitrogens with zero attached hydrogens (tertiary/aromatic N) is 2. The highest BCUT2D eigenvalue weighted by atomic mass is 16.4. The van der Waals surface area contributed by atoms with Crippen LogP contribution in [0.1, 0.15) is 5.56 Å². The van der Waals surface area contributed by atoms with Gasteiger partial charge in [0.05, 0.1) is 6.42 Å². The van der Waals surface area contributed by atoms with Crippen LogP contribution in [0.4, 0.5) is 5.69 Å². The molecule has 0 aliphatic carbocycles. The monoisotopic (exact) mass is 314 g/mol. The van der Waals surface area contributed by atoms with Gasteiger partial charge in [-0.1, -0.05) is 12.1 Å². The summed E-state index contributed by atoms with van der Waals surface area (Å²) in [5.74, 6) is -1.18. The molecule has 0 spiro atoms. The van der Waals surface area contributed by atoms with E-state index in [0.717, 1.165) is 13.1 Å². The van der Waals surface area contributed by atoms with E-state index in [1.54, 1.807) is 29.2 Å². The van der Waals surface area contributed by atoms with Gasteiger partial charge < -0.3 is 20.6 Å². The number of hydrogen-bond acceptors (Lipinski definition) is 5. The molecule has 1 fully saturated rings. The van der Waals surface area contributed by atoms with Gasteiger partial charge in [0, 0.05) is 38.1 Å². The summed E-state index contributed by atoms with van der Waals surface area (Å²) < 4.78 is 0. The Labute approximate surface area is 134 Å². The lowest BCUT2D eigenvalue weighted by atomic mass is 10.1. The molecule has 1 aromatic carbocycles. The van der Waals surface area contributed by atoms with Gasteiger partial charge in [-0.15, -0.1) is 0 Å². The number of carboxylic acids is 1. The third kappa shape index (κ3) is 4.83. The van der Waals surface area contributed by atoms with E-state index in [0.29, 0.717) is 24.3 Å². The zero-order chi connectivity index (χ0) is 16.7. The average molecular weight is 314 g/mol. The molecule has 0 unspecified atom stereocenters. The lowest BCUT2D eigenvalue weighted by Crippen LogP contribution is -2.46. The Hall–Kier alpha value is -2.85. The van der Waals surface area contributed by atoms with Crippen LogP contribution in [0.3, 0.4) is 0 Å². The van der Waals surface area contributed by atoms with E-state index >= 15 is 0 Å². The first-order valence-corrected chi connectivity index (χ1v) is 7.27. The molecule has 120 valence electrons. The minimum absolute atomic E-state index is 0.0406. The molecule has 23 heavy (non-hydrogen) atoms. The van der Waals surface area contributed by atoms with E-state index in [-0.39, 0.29) is 17.9 Å². The molecular weight excluding hydrogens is 296 g/mol. The summed E-state index contributed by atoms with van der Waals surface area (Å²) in [6.45, 7) is 2.62. The van der Waals surface area contributed by atoms with Crippen molar-refractivity contribution in [2.45, 2.75) is 6.42 Å². The zero-order valence-electron chi connectivity index (χ0n) is 12.6. The second-order valence-corrected chi connectivity index (χ2v) is 5.12. The molecule has 7 nitrogen and oxygen atoms in total. The van der Waals surface area contributed by atoms with Crippen LogP contribution in [0, 0.1) is 11.3 Å². The maximum atomic E-state index is 12.2. The Kier molecular flexibility index (Phi) is 5.72. The lowest BCUT2D eigenvalue weighted by molar-refractivity contribution is -0.136. The lowest BCUT2D eigenvalue weighted by Gasteiger charge is -2.27. The first-order valence-electron chi connectivity index (χ1n) is 7.27. The summed E-state index contributed by atoms with van der Waals surface area (Å²) in [6, 6.07) is 8.71. The molecule has 0 atom stereocenters. The number of carbonyl (C=O) groups excluding carboxylic acids is 1. The quantitative estimate of drug-likeness (QED) is 0.542. The van der Waals surface area contributed by atoms with E-state index in [9.17, 15) is 9.59 Å². The average Bonchev–Trinajstić information content (AvgIpc) is 2.57. The van der Waals surface area contributed by atoms with Crippen LogP contribution in [-0.4, -0.2) is 48.1 Å². The van der Waals surface area contributed by atoms with E-state index in [1.807, 2.05) is 6.07 Å². The molecule has 0 aromatic heterocycles. The highest BCUT2D eigenvalue weighted by Gasteiger charge is 2.19. The summed E-state index contributed by atoms with van der Waals surface area (Å²) in [7, 11) is 0. The Morgan fingerprint density at radius 2 is 1.96 bits per heavy atom. The molecule has 1 aromatic rings. The first-order chi connectivity index (χ1) is 11.1. The number of benzene rings is 1. The standard InChI is InChI=1S/C16H18N4O3/c17-10-13(16(23)20-7-5-18-6-8-20)11-19-14-3-1-12(2-4-14)9-15(21)22/h1-4,11,18-19H,5-9H2,(H,21,22)/b13-11-. The highest BCUT2D eigenvalue weighted by molar-refractivity contribution is 5.97. The number of carboxylic acid groups (broad SMARTS) is 1. The molecule has 1 aliphatic heterocycles. The molecule has 3 N–H and O–H groups in total. The summed E-state index contributed by atoms with van der Waals surface area (Å²) in [5, 5.41) is 23.9. The van der Waals surface area contributed by atoms with Crippen LogP contribution >= 0.6 is 0 Å². The van der Waals surface area contributed by atoms with Gasteiger partial charge in [0.15, 0.2) is 0 Å². The molecule has 1 aliphatic rings. The second-order valence-electron chi connectivity index (χ2n) is 5.12. The molecule has 1 saturated heterocycles. The number of hydrogen-bond donors (Lipinski definition) is 3. The predicted molar refractivity (Wildman–Crippen MR) is 84.6 cm³/mol. The number of piperazine rings is 1. The van der Waals surface area contributed by atoms with Gasteiger partial charge in [0.25, 0.3) is 5.91 Å². The largest absolute Gasteiger partial charge is 0.481 e. The van der Waals surface area contributed by atoms with Crippen molar-refractivity contribution in [3.05, 3.63) is 41.6 Å². The van der Waals surface area contributed by atoms with Crippen LogP contribution in [0.2, 0.25) is 0 Å². The molecule has 0 radical (unpaired) electrons. The van der Waals surface area contributed by atoms with Crippen LogP contribution in [0.5, 0.6) is 0 Å². The van der Waals surface area contributed by atoms with Gasteiger partial charge in [0.2, 0.25) is 0 Å². The van der Waals surface area contributed by atoms with E-state index in [2.05, 4.69) is 10.6 Å². The predicted octanol–water partition coefficient (Wildman–Crippen LogP) is 0.565. The maximum absolute atomic E-state index is 12.2. The van der Waals surface area contributed by atoms with Crippen LogP contribution in [0.15, 0.2) is 36.0 Å². The Bertz CT molecular complexity index is 640. The number of carbonyl (C=O) groups is 2. The number of aliphatic carboxylic acids is 1. The fourth-order valence-electron chi connectivity index (χ4n) is 2.23. The summed E-state index contributed by atoms with van der Waals surface area (Å²) in [6.07, 6.45) is 1.34. The fraction of sp³-hybridized carbons (Fsp3) is 0.312. The number of nitrogens with one attached hydrogen (secondary N) is 2. The van der Waals surface area contributed by atoms with E-state index in [4.69, 9.17) is 10.4 Å². The van der Waals surface area contributed by atoms with E-state index in [1.165, 1.54) is 6.20 Å². The fourth-order valence-corrected chi connectivity index (χ4v) is 2.23. The Balaban J connectivity index is 2.00. The molecular formula is C16H18N4O3. The van der Waals surface area contributed by atoms with Crippen molar-refractivity contribution in [3.8, 4) is 6.07 Å². The van der Waals surface area contributed by atoms with Gasteiger partial charge >= 0.3 is 5.97 Å². The third-order valence-electron chi connectivity index (χ3n) is 3.45. The maximum Gasteiger partial charge on any atom is 0.307 e. The van der Waals surface area contributed by atoms with Gasteiger partial charge in [-0.05, 0) is 17.7 Å². The zero-order valence-corrected chi connectivity index (χ0v) is 12.6. The summed E-state index contributed by atoms with van der Waals surface area (Å²) in [4.78, 5) is 24.5. The number of rotatable bonds is 5. The highest BCUT2D eigenvalue weighted by Crippen LogP contribution is 2.11. The minimum Gasteiger partial charge on any atom is -0.481 e. The van der Waals surface area contributed by atoms with Crippen LogP contribution < -0.4 is 10.6 Å². The van der Waals surface area contributed by atoms with Crippen molar-refractivity contribution in [2.24, 2.45) is 0 Å². The van der Waals surface area contributed by atoms with Crippen molar-refractivity contribution in [2.75, 3.05) is 31.5 Å². The molecule has 0 bridgehead atoms. The smallest absolute Gasteiger partial charge is 0.307 e. The topological polar surface area (TPSA) is 105 Å². The third-order valence-corrected chi connectivity index (χ3v) is 3.45. The van der Waals surface area contributed by atoms with Crippen LogP contribution in [-0.2, 0) is 16.0 Å². The molecule has 2 rings (SSSR count). The normalized spacial score (nSPS) is 14.9. The number of amides is 1. The van der Waals surface area contributed by atoms with E-state index < -0.39 is 5.97 Å². The van der Waals surface area contributed by atoms with Crippen molar-refractivity contribution in [1.29, 1.82) is 5.26 Å². The SMILES string of the molecule is N#C/C(=C/Nc1ccc(CC(=O)O)cc1)C(=O)N1CCNCC1. The second kappa shape index (κ2) is 7.96. The van der Waals surface area contributed by atoms with Gasteiger partial charge in [0.1, 0.15) is 11.6 Å². The Morgan fingerprint density at radius 1 is 1.30 bits per heavy atom. The minimum atomic E-state index is -0.890. The molecule has 1 amide bonds. The molecule has 1 heterocycles. The molecule has 0 saturated carbocycles. The van der Waals surface area contributed by atoms with Crippen molar-refractivity contribution >= 4 is 17.6 Å². The Morgan fingerprint density at radius 3 is 2.52 bits per heavy atom. The first kappa shape index (κ1) is 16.5. The summed E-state index contributed by atoms with van der Waals surface area (Å²) in [5.41, 5.74) is 1.41. The molecule has 7 heteroatoms.